The Hall–Kier alpha value is -3.23. The van der Waals surface area contributed by atoms with Crippen LogP contribution in [0, 0.1) is 0 Å². The van der Waals surface area contributed by atoms with Crippen LogP contribution in [-0.2, 0) is 6.42 Å². The van der Waals surface area contributed by atoms with Crippen LogP contribution in [0.15, 0.2) is 52.1 Å². The molecule has 2 aromatic carbocycles. The normalized spacial score (nSPS) is 11.8. The Kier molecular flexibility index (Phi) is 6.53. The number of benzene rings is 2. The lowest BCUT2D eigenvalue weighted by Gasteiger charge is -2.10. The van der Waals surface area contributed by atoms with Crippen LogP contribution in [0.25, 0.3) is 11.0 Å². The molecule has 4 aromatic rings. The lowest BCUT2D eigenvalue weighted by atomic mass is 10.1. The fourth-order valence-corrected chi connectivity index (χ4v) is 4.24. The zero-order valence-corrected chi connectivity index (χ0v) is 19.1. The van der Waals surface area contributed by atoms with Crippen LogP contribution in [0.2, 0.25) is 5.02 Å². The highest BCUT2D eigenvalue weighted by Gasteiger charge is 2.13. The molecule has 0 saturated heterocycles. The van der Waals surface area contributed by atoms with Crippen LogP contribution in [-0.4, -0.2) is 28.3 Å². The summed E-state index contributed by atoms with van der Waals surface area (Å²) in [6.07, 6.45) is 2.79. The third-order valence-electron chi connectivity index (χ3n) is 4.71. The minimum absolute atomic E-state index is 0.163. The van der Waals surface area contributed by atoms with E-state index in [9.17, 15) is 9.59 Å². The highest BCUT2D eigenvalue weighted by molar-refractivity contribution is 7.15. The Bertz CT molecular complexity index is 1450. The van der Waals surface area contributed by atoms with Crippen LogP contribution in [0.3, 0.4) is 0 Å². The zero-order valence-electron chi connectivity index (χ0n) is 17.5. The highest BCUT2D eigenvalue weighted by atomic mass is 35.5. The molecular formula is C23H20ClN3O4S. The van der Waals surface area contributed by atoms with Gasteiger partial charge >= 0.3 is 0 Å². The molecule has 0 amide bonds. The van der Waals surface area contributed by atoms with E-state index >= 15 is 0 Å². The first-order chi connectivity index (χ1) is 15.5. The number of methoxy groups -OCH3 is 1. The van der Waals surface area contributed by atoms with Gasteiger partial charge in [-0.15, -0.1) is 0 Å². The van der Waals surface area contributed by atoms with Gasteiger partial charge in [0, 0.05) is 11.4 Å². The first-order valence-electron chi connectivity index (χ1n) is 9.99. The van der Waals surface area contributed by atoms with Crippen LogP contribution < -0.4 is 25.1 Å². The Morgan fingerprint density at radius 1 is 1.16 bits per heavy atom. The van der Waals surface area contributed by atoms with Crippen molar-refractivity contribution in [2.45, 2.75) is 19.8 Å². The van der Waals surface area contributed by atoms with E-state index < -0.39 is 5.56 Å². The molecule has 32 heavy (non-hydrogen) atoms. The summed E-state index contributed by atoms with van der Waals surface area (Å²) >= 11 is 7.30. The van der Waals surface area contributed by atoms with E-state index in [0.29, 0.717) is 27.7 Å². The van der Waals surface area contributed by atoms with Gasteiger partial charge in [0.2, 0.25) is 4.96 Å². The molecule has 164 valence electrons. The Morgan fingerprint density at radius 2 is 1.97 bits per heavy atom. The number of ether oxygens (including phenoxy) is 2. The third kappa shape index (κ3) is 4.51. The number of hydrogen-bond donors (Lipinski definition) is 0. The molecule has 0 atom stereocenters. The fraction of sp³-hybridized carbons (Fsp3) is 0.217. The van der Waals surface area contributed by atoms with Crippen molar-refractivity contribution in [3.05, 3.63) is 89.5 Å². The lowest BCUT2D eigenvalue weighted by molar-refractivity contribution is 0.294. The summed E-state index contributed by atoms with van der Waals surface area (Å²) in [7, 11) is 1.57. The highest BCUT2D eigenvalue weighted by Crippen LogP contribution is 2.28. The van der Waals surface area contributed by atoms with E-state index in [2.05, 4.69) is 10.1 Å². The SMILES string of the molecule is CCCOc1ccc(/C=c2/sc3nc(=O)c(Cc4ccccc4Cl)nn3c2=O)cc1OC. The van der Waals surface area contributed by atoms with Gasteiger partial charge in [0.05, 0.1) is 18.2 Å². The van der Waals surface area contributed by atoms with Crippen LogP contribution in [0.5, 0.6) is 11.5 Å². The van der Waals surface area contributed by atoms with E-state index in [1.165, 1.54) is 4.52 Å². The van der Waals surface area contributed by atoms with Crippen molar-refractivity contribution < 1.29 is 9.47 Å². The van der Waals surface area contributed by atoms with Gasteiger partial charge in [0.25, 0.3) is 11.1 Å². The van der Waals surface area contributed by atoms with Gasteiger partial charge in [-0.05, 0) is 41.8 Å². The molecule has 0 unspecified atom stereocenters. The number of rotatable bonds is 7. The largest absolute Gasteiger partial charge is 0.493 e. The molecule has 0 bridgehead atoms. The quantitative estimate of drug-likeness (QED) is 0.413. The summed E-state index contributed by atoms with van der Waals surface area (Å²) in [4.78, 5) is 29.7. The summed E-state index contributed by atoms with van der Waals surface area (Å²) < 4.78 is 12.7. The second-order valence-electron chi connectivity index (χ2n) is 7.00. The van der Waals surface area contributed by atoms with Crippen LogP contribution >= 0.6 is 22.9 Å². The number of hydrogen-bond acceptors (Lipinski definition) is 7. The van der Waals surface area contributed by atoms with Gasteiger partial charge in [0.15, 0.2) is 11.5 Å². The Labute approximate surface area is 192 Å². The summed E-state index contributed by atoms with van der Waals surface area (Å²) in [5.41, 5.74) is 0.845. The topological polar surface area (TPSA) is 82.8 Å². The molecule has 7 nitrogen and oxygen atoms in total. The van der Waals surface area contributed by atoms with Crippen molar-refractivity contribution >= 4 is 34.0 Å². The molecule has 0 N–H and O–H groups in total. The summed E-state index contributed by atoms with van der Waals surface area (Å²) in [6, 6.07) is 12.6. The second-order valence-corrected chi connectivity index (χ2v) is 8.42. The molecule has 0 aliphatic carbocycles. The molecule has 0 aliphatic rings. The molecule has 0 spiro atoms. The van der Waals surface area contributed by atoms with Gasteiger partial charge in [0.1, 0.15) is 5.69 Å². The molecule has 0 radical (unpaired) electrons. The first kappa shape index (κ1) is 22.0. The molecule has 2 aromatic heterocycles. The molecule has 0 saturated carbocycles. The van der Waals surface area contributed by atoms with Crippen LogP contribution in [0.4, 0.5) is 0 Å². The Balaban J connectivity index is 1.74. The van der Waals surface area contributed by atoms with E-state index in [1.54, 1.807) is 31.4 Å². The zero-order chi connectivity index (χ0) is 22.7. The standard InChI is InChI=1S/C23H20ClN3O4S/c1-3-10-31-18-9-8-14(11-19(18)30-2)12-20-22(29)27-23(32-20)25-21(28)17(26-27)13-15-6-4-5-7-16(15)24/h4-9,11-12H,3,10,13H2,1-2H3/b20-12+. The minimum atomic E-state index is -0.475. The minimum Gasteiger partial charge on any atom is -0.493 e. The van der Waals surface area contributed by atoms with Crippen molar-refractivity contribution in [3.8, 4) is 11.5 Å². The fourth-order valence-electron chi connectivity index (χ4n) is 3.13. The van der Waals surface area contributed by atoms with Crippen molar-refractivity contribution in [2.24, 2.45) is 0 Å². The molecule has 0 fully saturated rings. The van der Waals surface area contributed by atoms with E-state index in [4.69, 9.17) is 21.1 Å². The predicted molar refractivity (Wildman–Crippen MR) is 125 cm³/mol. The van der Waals surface area contributed by atoms with Crippen LogP contribution in [0.1, 0.15) is 30.2 Å². The molecule has 2 heterocycles. The first-order valence-corrected chi connectivity index (χ1v) is 11.2. The van der Waals surface area contributed by atoms with Crippen molar-refractivity contribution in [2.75, 3.05) is 13.7 Å². The molecule has 0 aliphatic heterocycles. The van der Waals surface area contributed by atoms with Gasteiger partial charge < -0.3 is 9.47 Å². The van der Waals surface area contributed by atoms with E-state index in [-0.39, 0.29) is 22.6 Å². The molecular weight excluding hydrogens is 450 g/mol. The summed E-state index contributed by atoms with van der Waals surface area (Å²) in [5.74, 6) is 1.22. The smallest absolute Gasteiger partial charge is 0.296 e. The lowest BCUT2D eigenvalue weighted by Crippen LogP contribution is -2.28. The van der Waals surface area contributed by atoms with Crippen molar-refractivity contribution in [3.63, 3.8) is 0 Å². The maximum atomic E-state index is 12.9. The van der Waals surface area contributed by atoms with E-state index in [0.717, 1.165) is 28.9 Å². The average Bonchev–Trinajstić information content (AvgIpc) is 3.08. The molecule has 9 heteroatoms. The number of nitrogens with zero attached hydrogens (tertiary/aromatic N) is 3. The third-order valence-corrected chi connectivity index (χ3v) is 6.04. The summed E-state index contributed by atoms with van der Waals surface area (Å²) in [6.45, 7) is 2.61. The van der Waals surface area contributed by atoms with Gasteiger partial charge in [-0.1, -0.05) is 54.1 Å². The predicted octanol–water partition coefficient (Wildman–Crippen LogP) is 3.10. The van der Waals surface area contributed by atoms with Gasteiger partial charge in [-0.2, -0.15) is 14.6 Å². The van der Waals surface area contributed by atoms with Crippen molar-refractivity contribution in [1.82, 2.24) is 14.6 Å². The molecule has 4 rings (SSSR count). The number of thiazole rings is 1. The number of halogens is 1. The monoisotopic (exact) mass is 469 g/mol. The number of fused-ring (bicyclic) bond motifs is 1. The van der Waals surface area contributed by atoms with Crippen molar-refractivity contribution in [1.29, 1.82) is 0 Å². The van der Waals surface area contributed by atoms with Gasteiger partial charge in [-0.25, -0.2) is 0 Å². The summed E-state index contributed by atoms with van der Waals surface area (Å²) in [5, 5.41) is 4.80. The average molecular weight is 470 g/mol. The number of aromatic nitrogens is 3. The maximum Gasteiger partial charge on any atom is 0.296 e. The van der Waals surface area contributed by atoms with Gasteiger partial charge in [-0.3, -0.25) is 9.59 Å². The van der Waals surface area contributed by atoms with E-state index in [1.807, 2.05) is 31.2 Å². The maximum absolute atomic E-state index is 12.9. The Morgan fingerprint density at radius 3 is 2.72 bits per heavy atom. The second kappa shape index (κ2) is 9.50.